The normalized spacial score (nSPS) is 11.0. The van der Waals surface area contributed by atoms with Crippen molar-refractivity contribution in [2.45, 2.75) is 33.4 Å². The summed E-state index contributed by atoms with van der Waals surface area (Å²) >= 11 is 1.46. The predicted molar refractivity (Wildman–Crippen MR) is 133 cm³/mol. The molecule has 2 aromatic carbocycles. The van der Waals surface area contributed by atoms with Gasteiger partial charge in [-0.1, -0.05) is 42.0 Å². The van der Waals surface area contributed by atoms with E-state index in [-0.39, 0.29) is 24.4 Å². The molecule has 0 aliphatic rings. The fourth-order valence-electron chi connectivity index (χ4n) is 3.70. The standard InChI is InChI=1S/C26H27N3O3S/c1-4-32-21-11-7-19(8-12-21)15-28(3)23(30)13-14-29-17-27-25-24(26(29)31)22(16-33-25)20-9-5-18(2)6-10-20/h5-12,16-17H,4,13-15H2,1-3H3. The molecule has 0 spiro atoms. The molecule has 7 heteroatoms. The van der Waals surface area contributed by atoms with E-state index in [0.29, 0.717) is 23.4 Å². The van der Waals surface area contributed by atoms with Crippen LogP contribution in [0.5, 0.6) is 5.75 Å². The van der Waals surface area contributed by atoms with Crippen LogP contribution in [0.15, 0.2) is 65.0 Å². The Kier molecular flexibility index (Phi) is 6.89. The van der Waals surface area contributed by atoms with Crippen LogP contribution >= 0.6 is 11.3 Å². The summed E-state index contributed by atoms with van der Waals surface area (Å²) in [4.78, 5) is 32.8. The molecule has 0 N–H and O–H groups in total. The van der Waals surface area contributed by atoms with Crippen LogP contribution in [0.2, 0.25) is 0 Å². The maximum absolute atomic E-state index is 13.2. The Morgan fingerprint density at radius 3 is 2.55 bits per heavy atom. The second kappa shape index (κ2) is 10.0. The Morgan fingerprint density at radius 2 is 1.85 bits per heavy atom. The Morgan fingerprint density at radius 1 is 1.12 bits per heavy atom. The smallest absolute Gasteiger partial charge is 0.262 e. The van der Waals surface area contributed by atoms with Crippen LogP contribution < -0.4 is 10.3 Å². The number of nitrogens with zero attached hydrogens (tertiary/aromatic N) is 3. The topological polar surface area (TPSA) is 64.4 Å². The predicted octanol–water partition coefficient (Wildman–Crippen LogP) is 4.88. The fraction of sp³-hybridized carbons (Fsp3) is 0.269. The van der Waals surface area contributed by atoms with E-state index in [9.17, 15) is 9.59 Å². The lowest BCUT2D eigenvalue weighted by molar-refractivity contribution is -0.130. The van der Waals surface area contributed by atoms with Gasteiger partial charge < -0.3 is 9.64 Å². The fourth-order valence-corrected chi connectivity index (χ4v) is 4.61. The minimum absolute atomic E-state index is 0.0278. The molecule has 0 atom stereocenters. The van der Waals surface area contributed by atoms with Gasteiger partial charge in [0.2, 0.25) is 5.91 Å². The highest BCUT2D eigenvalue weighted by Crippen LogP contribution is 2.30. The van der Waals surface area contributed by atoms with Gasteiger partial charge in [0, 0.05) is 37.5 Å². The van der Waals surface area contributed by atoms with Gasteiger partial charge >= 0.3 is 0 Å². The molecule has 0 radical (unpaired) electrons. The van der Waals surface area contributed by atoms with E-state index in [1.165, 1.54) is 21.5 Å². The molecule has 2 heterocycles. The lowest BCUT2D eigenvalue weighted by Gasteiger charge is -2.18. The number of aryl methyl sites for hydroxylation is 2. The molecule has 0 fully saturated rings. The number of amides is 1. The van der Waals surface area contributed by atoms with Gasteiger partial charge in [-0.3, -0.25) is 14.2 Å². The van der Waals surface area contributed by atoms with Crippen molar-refractivity contribution in [3.05, 3.63) is 81.7 Å². The van der Waals surface area contributed by atoms with Gasteiger partial charge in [0.15, 0.2) is 0 Å². The van der Waals surface area contributed by atoms with Crippen molar-refractivity contribution in [1.29, 1.82) is 0 Å². The lowest BCUT2D eigenvalue weighted by atomic mass is 10.1. The molecule has 2 aromatic heterocycles. The molecule has 0 bridgehead atoms. The molecule has 1 amide bonds. The van der Waals surface area contributed by atoms with E-state index in [0.717, 1.165) is 22.4 Å². The second-order valence-electron chi connectivity index (χ2n) is 8.02. The zero-order chi connectivity index (χ0) is 23.4. The summed E-state index contributed by atoms with van der Waals surface area (Å²) in [5.74, 6) is 0.788. The summed E-state index contributed by atoms with van der Waals surface area (Å²) in [6.45, 7) is 5.39. The highest BCUT2D eigenvalue weighted by molar-refractivity contribution is 7.17. The van der Waals surface area contributed by atoms with Crippen LogP contribution in [-0.2, 0) is 17.9 Å². The van der Waals surface area contributed by atoms with Gasteiger partial charge in [0.25, 0.3) is 5.56 Å². The summed E-state index contributed by atoms with van der Waals surface area (Å²) in [6, 6.07) is 15.8. The minimum atomic E-state index is -0.112. The first-order valence-corrected chi connectivity index (χ1v) is 11.8. The van der Waals surface area contributed by atoms with Gasteiger partial charge in [-0.05, 0) is 37.1 Å². The van der Waals surface area contributed by atoms with E-state index < -0.39 is 0 Å². The van der Waals surface area contributed by atoms with Crippen molar-refractivity contribution in [3.63, 3.8) is 0 Å². The van der Waals surface area contributed by atoms with Gasteiger partial charge in [-0.2, -0.15) is 0 Å². The Hall–Kier alpha value is -3.45. The van der Waals surface area contributed by atoms with Crippen LogP contribution in [0.1, 0.15) is 24.5 Å². The number of carbonyl (C=O) groups excluding carboxylic acids is 1. The van der Waals surface area contributed by atoms with Crippen molar-refractivity contribution >= 4 is 27.5 Å². The lowest BCUT2D eigenvalue weighted by Crippen LogP contribution is -2.29. The molecule has 33 heavy (non-hydrogen) atoms. The number of carbonyl (C=O) groups is 1. The third-order valence-electron chi connectivity index (χ3n) is 5.57. The molecule has 4 rings (SSSR count). The van der Waals surface area contributed by atoms with Crippen LogP contribution in [-0.4, -0.2) is 34.0 Å². The molecule has 0 saturated carbocycles. The summed E-state index contributed by atoms with van der Waals surface area (Å²) in [5, 5.41) is 2.59. The molecule has 0 unspecified atom stereocenters. The van der Waals surface area contributed by atoms with Crippen molar-refractivity contribution < 1.29 is 9.53 Å². The molecule has 0 saturated heterocycles. The monoisotopic (exact) mass is 461 g/mol. The Bertz CT molecular complexity index is 1310. The first kappa shape index (κ1) is 22.7. The zero-order valence-electron chi connectivity index (χ0n) is 19.1. The second-order valence-corrected chi connectivity index (χ2v) is 8.87. The third kappa shape index (κ3) is 5.14. The van der Waals surface area contributed by atoms with E-state index in [4.69, 9.17) is 4.74 Å². The van der Waals surface area contributed by atoms with Gasteiger partial charge in [-0.15, -0.1) is 11.3 Å². The molecular weight excluding hydrogens is 434 g/mol. The number of ether oxygens (including phenoxy) is 1. The summed E-state index contributed by atoms with van der Waals surface area (Å²) in [5.41, 5.74) is 3.96. The van der Waals surface area contributed by atoms with E-state index in [2.05, 4.69) is 4.98 Å². The number of aromatic nitrogens is 2. The zero-order valence-corrected chi connectivity index (χ0v) is 19.9. The van der Waals surface area contributed by atoms with E-state index in [1.807, 2.05) is 67.8 Å². The van der Waals surface area contributed by atoms with Gasteiger partial charge in [0.05, 0.1) is 18.3 Å². The minimum Gasteiger partial charge on any atom is -0.494 e. The number of thiophene rings is 1. The van der Waals surface area contributed by atoms with Crippen LogP contribution in [0, 0.1) is 6.92 Å². The Balaban J connectivity index is 1.45. The average Bonchev–Trinajstić information content (AvgIpc) is 3.25. The van der Waals surface area contributed by atoms with Crippen LogP contribution in [0.4, 0.5) is 0 Å². The van der Waals surface area contributed by atoms with Crippen LogP contribution in [0.3, 0.4) is 0 Å². The maximum Gasteiger partial charge on any atom is 0.262 e. The van der Waals surface area contributed by atoms with E-state index >= 15 is 0 Å². The van der Waals surface area contributed by atoms with Gasteiger partial charge in [0.1, 0.15) is 10.6 Å². The molecule has 0 aliphatic carbocycles. The number of benzene rings is 2. The molecule has 170 valence electrons. The van der Waals surface area contributed by atoms with E-state index in [1.54, 1.807) is 18.3 Å². The van der Waals surface area contributed by atoms with Crippen molar-refractivity contribution in [2.75, 3.05) is 13.7 Å². The number of hydrogen-bond donors (Lipinski definition) is 0. The highest BCUT2D eigenvalue weighted by atomic mass is 32.1. The highest BCUT2D eigenvalue weighted by Gasteiger charge is 2.15. The van der Waals surface area contributed by atoms with Crippen molar-refractivity contribution in [2.24, 2.45) is 0 Å². The van der Waals surface area contributed by atoms with Crippen molar-refractivity contribution in [1.82, 2.24) is 14.5 Å². The first-order chi connectivity index (χ1) is 16.0. The largest absolute Gasteiger partial charge is 0.494 e. The molecule has 0 aliphatic heterocycles. The van der Waals surface area contributed by atoms with Crippen LogP contribution in [0.25, 0.3) is 21.3 Å². The number of rotatable bonds is 8. The molecular formula is C26H27N3O3S. The molecule has 6 nitrogen and oxygen atoms in total. The summed E-state index contributed by atoms with van der Waals surface area (Å²) < 4.78 is 7.00. The van der Waals surface area contributed by atoms with Crippen molar-refractivity contribution in [3.8, 4) is 16.9 Å². The maximum atomic E-state index is 13.2. The first-order valence-electron chi connectivity index (χ1n) is 11.0. The quantitative estimate of drug-likeness (QED) is 0.375. The summed E-state index contributed by atoms with van der Waals surface area (Å²) in [7, 11) is 1.78. The third-order valence-corrected chi connectivity index (χ3v) is 6.46. The average molecular weight is 462 g/mol. The number of hydrogen-bond acceptors (Lipinski definition) is 5. The van der Waals surface area contributed by atoms with Gasteiger partial charge in [-0.25, -0.2) is 4.98 Å². The molecule has 4 aromatic rings. The summed E-state index contributed by atoms with van der Waals surface area (Å²) in [6.07, 6.45) is 1.77. The Labute approximate surface area is 197 Å². The number of fused-ring (bicyclic) bond motifs is 1. The SMILES string of the molecule is CCOc1ccc(CN(C)C(=O)CCn2cnc3scc(-c4ccc(C)cc4)c3c2=O)cc1.